The van der Waals surface area contributed by atoms with Crippen molar-refractivity contribution in [2.45, 2.75) is 43.9 Å². The molecule has 1 saturated heterocycles. The third-order valence-electron chi connectivity index (χ3n) is 4.38. The number of nitrogens with zero attached hydrogens (tertiary/aromatic N) is 1. The molecule has 2 fully saturated rings. The maximum absolute atomic E-state index is 6.16. The predicted molar refractivity (Wildman–Crippen MR) is 85.2 cm³/mol. The third-order valence-corrected chi connectivity index (χ3v) is 4.38. The molecule has 1 aromatic rings. The fourth-order valence-electron chi connectivity index (χ4n) is 3.00. The van der Waals surface area contributed by atoms with Crippen LogP contribution in [0.15, 0.2) is 24.3 Å². The average Bonchev–Trinajstić information content (AvgIpc) is 3.24. The molecule has 0 bridgehead atoms. The fourth-order valence-corrected chi connectivity index (χ4v) is 3.00. The first-order valence-corrected chi connectivity index (χ1v) is 7.99. The largest absolute Gasteiger partial charge is 0.495 e. The number of para-hydroxylation sites is 2. The van der Waals surface area contributed by atoms with Crippen LogP contribution in [-0.2, 0) is 4.74 Å². The van der Waals surface area contributed by atoms with Crippen molar-refractivity contribution in [2.75, 3.05) is 32.1 Å². The lowest BCUT2D eigenvalue weighted by molar-refractivity contribution is 0.0497. The number of methoxy groups -OCH3 is 1. The highest BCUT2D eigenvalue weighted by Gasteiger charge is 2.28. The molecule has 21 heavy (non-hydrogen) atoms. The second kappa shape index (κ2) is 6.67. The van der Waals surface area contributed by atoms with Gasteiger partial charge in [-0.05, 0) is 37.8 Å². The number of likely N-dealkylation sites (N-methyl/N-ethyl adjacent to an activating group) is 1. The highest BCUT2D eigenvalue weighted by molar-refractivity contribution is 5.57. The van der Waals surface area contributed by atoms with Crippen LogP contribution in [0.3, 0.4) is 0 Å². The normalized spacial score (nSPS) is 25.0. The zero-order chi connectivity index (χ0) is 14.7. The van der Waals surface area contributed by atoms with Crippen LogP contribution in [-0.4, -0.2) is 45.5 Å². The lowest BCUT2D eigenvalue weighted by Gasteiger charge is -2.25. The summed E-state index contributed by atoms with van der Waals surface area (Å²) in [7, 11) is 3.83. The molecule has 2 aliphatic rings. The van der Waals surface area contributed by atoms with Crippen LogP contribution in [0.5, 0.6) is 5.75 Å². The molecule has 2 unspecified atom stereocenters. The van der Waals surface area contributed by atoms with E-state index in [0.29, 0.717) is 12.2 Å². The molecular weight excluding hydrogens is 264 g/mol. The summed E-state index contributed by atoms with van der Waals surface area (Å²) in [6.07, 6.45) is 5.72. The molecule has 1 aromatic carbocycles. The van der Waals surface area contributed by atoms with Crippen molar-refractivity contribution in [2.24, 2.45) is 0 Å². The second-order valence-electron chi connectivity index (χ2n) is 6.19. The maximum atomic E-state index is 6.16. The maximum Gasteiger partial charge on any atom is 0.142 e. The van der Waals surface area contributed by atoms with Gasteiger partial charge in [0.2, 0.25) is 0 Å². The monoisotopic (exact) mass is 290 g/mol. The Bertz CT molecular complexity index is 462. The summed E-state index contributed by atoms with van der Waals surface area (Å²) in [6.45, 7) is 1.93. The van der Waals surface area contributed by atoms with Gasteiger partial charge in [-0.1, -0.05) is 12.1 Å². The number of anilines is 1. The standard InChI is InChI=1S/C17H26N2O2/c1-19(16-5-3-4-6-17(16)20-2)12-15-10-9-14(21-15)11-18-13-7-8-13/h3-6,13-15,18H,7-12H2,1-2H3. The van der Waals surface area contributed by atoms with Gasteiger partial charge in [0.25, 0.3) is 0 Å². The Labute approximate surface area is 127 Å². The Balaban J connectivity index is 1.49. The first-order valence-electron chi connectivity index (χ1n) is 7.99. The molecule has 1 aliphatic heterocycles. The molecule has 1 aliphatic carbocycles. The van der Waals surface area contributed by atoms with E-state index in [2.05, 4.69) is 23.3 Å². The van der Waals surface area contributed by atoms with Gasteiger partial charge in [0.1, 0.15) is 5.75 Å². The summed E-state index contributed by atoms with van der Waals surface area (Å²) in [4.78, 5) is 2.24. The van der Waals surface area contributed by atoms with Crippen molar-refractivity contribution in [1.29, 1.82) is 0 Å². The van der Waals surface area contributed by atoms with Gasteiger partial charge < -0.3 is 19.7 Å². The Morgan fingerprint density at radius 2 is 1.95 bits per heavy atom. The Kier molecular flexibility index (Phi) is 4.66. The number of rotatable bonds is 7. The minimum atomic E-state index is 0.325. The molecule has 2 atom stereocenters. The molecular formula is C17H26N2O2. The number of benzene rings is 1. The lowest BCUT2D eigenvalue weighted by Crippen LogP contribution is -2.32. The van der Waals surface area contributed by atoms with Crippen LogP contribution in [0.25, 0.3) is 0 Å². The minimum Gasteiger partial charge on any atom is -0.495 e. The quantitative estimate of drug-likeness (QED) is 0.836. The van der Waals surface area contributed by atoms with Crippen LogP contribution in [0, 0.1) is 0 Å². The molecule has 1 saturated carbocycles. The summed E-state index contributed by atoms with van der Waals surface area (Å²) < 4.78 is 11.6. The first kappa shape index (κ1) is 14.7. The van der Waals surface area contributed by atoms with Crippen molar-refractivity contribution in [1.82, 2.24) is 5.32 Å². The van der Waals surface area contributed by atoms with Crippen LogP contribution in [0.4, 0.5) is 5.69 Å². The van der Waals surface area contributed by atoms with Gasteiger partial charge in [0.05, 0.1) is 25.0 Å². The SMILES string of the molecule is COc1ccccc1N(C)CC1CCC(CNC2CC2)O1. The molecule has 0 amide bonds. The van der Waals surface area contributed by atoms with E-state index in [1.54, 1.807) is 7.11 Å². The summed E-state index contributed by atoms with van der Waals surface area (Å²) in [5.41, 5.74) is 1.13. The van der Waals surface area contributed by atoms with Gasteiger partial charge in [-0.15, -0.1) is 0 Å². The highest BCUT2D eigenvalue weighted by atomic mass is 16.5. The molecule has 1 N–H and O–H groups in total. The van der Waals surface area contributed by atoms with E-state index < -0.39 is 0 Å². The van der Waals surface area contributed by atoms with Gasteiger partial charge in [-0.25, -0.2) is 0 Å². The molecule has 0 spiro atoms. The van der Waals surface area contributed by atoms with E-state index in [9.17, 15) is 0 Å². The Morgan fingerprint density at radius 3 is 2.71 bits per heavy atom. The fraction of sp³-hybridized carbons (Fsp3) is 0.647. The van der Waals surface area contributed by atoms with E-state index in [0.717, 1.165) is 37.0 Å². The third kappa shape index (κ3) is 3.89. The molecule has 3 rings (SSSR count). The van der Waals surface area contributed by atoms with Crippen molar-refractivity contribution < 1.29 is 9.47 Å². The van der Waals surface area contributed by atoms with Crippen molar-refractivity contribution >= 4 is 5.69 Å². The van der Waals surface area contributed by atoms with Crippen LogP contribution in [0.1, 0.15) is 25.7 Å². The number of ether oxygens (including phenoxy) is 2. The molecule has 1 heterocycles. The summed E-state index contributed by atoms with van der Waals surface area (Å²) in [6, 6.07) is 8.92. The van der Waals surface area contributed by atoms with Gasteiger partial charge in [-0.3, -0.25) is 0 Å². The molecule has 0 aromatic heterocycles. The highest BCUT2D eigenvalue weighted by Crippen LogP contribution is 2.29. The number of hydrogen-bond acceptors (Lipinski definition) is 4. The summed E-state index contributed by atoms with van der Waals surface area (Å²) >= 11 is 0. The predicted octanol–water partition coefficient (Wildman–Crippen LogP) is 2.43. The molecule has 4 nitrogen and oxygen atoms in total. The first-order chi connectivity index (χ1) is 10.3. The van der Waals surface area contributed by atoms with Gasteiger partial charge >= 0.3 is 0 Å². The smallest absolute Gasteiger partial charge is 0.142 e. The lowest BCUT2D eigenvalue weighted by atomic mass is 10.2. The van der Waals surface area contributed by atoms with Gasteiger partial charge in [0.15, 0.2) is 0 Å². The van der Waals surface area contributed by atoms with Gasteiger partial charge in [-0.2, -0.15) is 0 Å². The van der Waals surface area contributed by atoms with Crippen LogP contribution >= 0.6 is 0 Å². The van der Waals surface area contributed by atoms with Gasteiger partial charge in [0, 0.05) is 26.2 Å². The van der Waals surface area contributed by atoms with Crippen molar-refractivity contribution in [3.05, 3.63) is 24.3 Å². The number of nitrogens with one attached hydrogen (secondary N) is 1. The van der Waals surface area contributed by atoms with Crippen molar-refractivity contribution in [3.8, 4) is 5.75 Å². The average molecular weight is 290 g/mol. The van der Waals surface area contributed by atoms with E-state index in [-0.39, 0.29) is 0 Å². The summed E-state index contributed by atoms with van der Waals surface area (Å²) in [5.74, 6) is 0.921. The van der Waals surface area contributed by atoms with Crippen LogP contribution < -0.4 is 15.0 Å². The topological polar surface area (TPSA) is 33.7 Å². The molecule has 0 radical (unpaired) electrons. The Morgan fingerprint density at radius 1 is 1.19 bits per heavy atom. The summed E-state index contributed by atoms with van der Waals surface area (Å²) in [5, 5.41) is 3.56. The minimum absolute atomic E-state index is 0.325. The van der Waals surface area contributed by atoms with E-state index in [1.807, 2.05) is 18.2 Å². The van der Waals surface area contributed by atoms with Crippen molar-refractivity contribution in [3.63, 3.8) is 0 Å². The Hall–Kier alpha value is -1.26. The molecule has 4 heteroatoms. The zero-order valence-corrected chi connectivity index (χ0v) is 13.0. The van der Waals surface area contributed by atoms with E-state index in [4.69, 9.17) is 9.47 Å². The van der Waals surface area contributed by atoms with E-state index >= 15 is 0 Å². The number of hydrogen-bond donors (Lipinski definition) is 1. The zero-order valence-electron chi connectivity index (χ0n) is 13.0. The van der Waals surface area contributed by atoms with E-state index in [1.165, 1.54) is 19.3 Å². The molecule has 116 valence electrons. The second-order valence-corrected chi connectivity index (χ2v) is 6.19. The van der Waals surface area contributed by atoms with Crippen LogP contribution in [0.2, 0.25) is 0 Å².